The van der Waals surface area contributed by atoms with Crippen molar-refractivity contribution in [1.29, 1.82) is 0 Å². The molecule has 0 radical (unpaired) electrons. The van der Waals surface area contributed by atoms with Gasteiger partial charge in [-0.15, -0.1) is 16.7 Å². The fourth-order valence-corrected chi connectivity index (χ4v) is 1.51. The quantitative estimate of drug-likeness (QED) is 0.853. The van der Waals surface area contributed by atoms with E-state index in [1.54, 1.807) is 30.8 Å². The Kier molecular flexibility index (Phi) is 3.57. The average molecular weight is 266 g/mol. The van der Waals surface area contributed by atoms with Crippen LogP contribution in [0.3, 0.4) is 0 Å². The number of halogens is 1. The summed E-state index contributed by atoms with van der Waals surface area (Å²) in [5.74, 6) is 0.384. The number of hydrogen-bond acceptors (Lipinski definition) is 4. The summed E-state index contributed by atoms with van der Waals surface area (Å²) in [6, 6.07) is 7.26. The van der Waals surface area contributed by atoms with Gasteiger partial charge in [-0.1, -0.05) is 12.1 Å². The Morgan fingerprint density at radius 3 is 2.89 bits per heavy atom. The van der Waals surface area contributed by atoms with Crippen molar-refractivity contribution in [2.75, 3.05) is 5.32 Å². The highest BCUT2D eigenvalue weighted by molar-refractivity contribution is 6.32. The van der Waals surface area contributed by atoms with Gasteiger partial charge in [0.15, 0.2) is 5.82 Å². The number of nitrogens with one attached hydrogen (secondary N) is 1. The third-order valence-corrected chi connectivity index (χ3v) is 2.57. The number of nitrogens with zero attached hydrogens (tertiary/aromatic N) is 4. The Morgan fingerprint density at radius 2 is 2.28 bits per heavy atom. The fraction of sp³-hybridized carbons (Fsp3) is 0.273. The molecule has 0 fully saturated rings. The van der Waals surface area contributed by atoms with Gasteiger partial charge in [0.1, 0.15) is 5.38 Å². The van der Waals surface area contributed by atoms with E-state index in [1.165, 1.54) is 0 Å². The van der Waals surface area contributed by atoms with Crippen molar-refractivity contribution in [3.63, 3.8) is 0 Å². The zero-order chi connectivity index (χ0) is 13.1. The van der Waals surface area contributed by atoms with Crippen LogP contribution in [0.25, 0.3) is 11.4 Å². The lowest BCUT2D eigenvalue weighted by Gasteiger charge is -2.07. The molecule has 1 aromatic heterocycles. The zero-order valence-electron chi connectivity index (χ0n) is 9.96. The normalized spacial score (nSPS) is 12.2. The molecule has 1 N–H and O–H groups in total. The topological polar surface area (TPSA) is 72.7 Å². The minimum absolute atomic E-state index is 0.245. The van der Waals surface area contributed by atoms with Crippen molar-refractivity contribution >= 4 is 23.2 Å². The molecule has 0 bridgehead atoms. The first kappa shape index (κ1) is 12.5. The van der Waals surface area contributed by atoms with Gasteiger partial charge in [-0.25, -0.2) is 4.68 Å². The maximum absolute atomic E-state index is 11.5. The van der Waals surface area contributed by atoms with Crippen LogP contribution in [0.1, 0.15) is 6.92 Å². The number of alkyl halides is 1. The summed E-state index contributed by atoms with van der Waals surface area (Å²) in [5, 5.41) is 13.4. The molecule has 2 aromatic rings. The third kappa shape index (κ3) is 2.65. The third-order valence-electron chi connectivity index (χ3n) is 2.37. The zero-order valence-corrected chi connectivity index (χ0v) is 10.7. The minimum atomic E-state index is -0.579. The Hall–Kier alpha value is -1.95. The lowest BCUT2D eigenvalue weighted by atomic mass is 10.2. The van der Waals surface area contributed by atoms with E-state index in [0.717, 1.165) is 5.56 Å². The summed E-state index contributed by atoms with van der Waals surface area (Å²) in [7, 11) is 1.75. The van der Waals surface area contributed by atoms with E-state index in [1.807, 2.05) is 12.1 Å². The summed E-state index contributed by atoms with van der Waals surface area (Å²) < 4.78 is 1.56. The van der Waals surface area contributed by atoms with Crippen molar-refractivity contribution in [1.82, 2.24) is 20.2 Å². The second kappa shape index (κ2) is 5.14. The molecule has 1 atom stereocenters. The maximum Gasteiger partial charge on any atom is 0.242 e. The monoisotopic (exact) mass is 265 g/mol. The molecule has 0 aliphatic rings. The number of tetrazole rings is 1. The van der Waals surface area contributed by atoms with Gasteiger partial charge in [0.25, 0.3) is 0 Å². The molecule has 1 heterocycles. The second-order valence-electron chi connectivity index (χ2n) is 3.81. The molecule has 7 heteroatoms. The van der Waals surface area contributed by atoms with Crippen LogP contribution in [0.2, 0.25) is 0 Å². The van der Waals surface area contributed by atoms with E-state index in [9.17, 15) is 4.79 Å². The van der Waals surface area contributed by atoms with Crippen LogP contribution in [0.4, 0.5) is 5.69 Å². The molecule has 0 spiro atoms. The number of carbonyl (C=O) groups is 1. The van der Waals surface area contributed by atoms with Crippen molar-refractivity contribution in [3.8, 4) is 11.4 Å². The number of rotatable bonds is 3. The van der Waals surface area contributed by atoms with Crippen LogP contribution in [-0.4, -0.2) is 31.5 Å². The van der Waals surface area contributed by atoms with Crippen LogP contribution in [0.5, 0.6) is 0 Å². The predicted octanol–water partition coefficient (Wildman–Crippen LogP) is 1.44. The van der Waals surface area contributed by atoms with E-state index < -0.39 is 5.38 Å². The smallest absolute Gasteiger partial charge is 0.242 e. The number of hydrogen-bond donors (Lipinski definition) is 1. The fourth-order valence-electron chi connectivity index (χ4n) is 1.45. The molecule has 1 aromatic carbocycles. The molecular formula is C11H12ClN5O. The maximum atomic E-state index is 11.5. The van der Waals surface area contributed by atoms with Gasteiger partial charge in [0, 0.05) is 18.3 Å². The molecule has 1 unspecified atom stereocenters. The van der Waals surface area contributed by atoms with Crippen LogP contribution < -0.4 is 5.32 Å². The SMILES string of the molecule is CC(Cl)C(=O)Nc1cccc(-c2nnnn2C)c1. The van der Waals surface area contributed by atoms with Gasteiger partial charge in [0.05, 0.1) is 0 Å². The summed E-state index contributed by atoms with van der Waals surface area (Å²) in [6.45, 7) is 1.62. The van der Waals surface area contributed by atoms with Crippen molar-refractivity contribution in [2.24, 2.45) is 7.05 Å². The number of benzene rings is 1. The van der Waals surface area contributed by atoms with Gasteiger partial charge in [-0.3, -0.25) is 4.79 Å². The van der Waals surface area contributed by atoms with Gasteiger partial charge < -0.3 is 5.32 Å². The minimum Gasteiger partial charge on any atom is -0.325 e. The Morgan fingerprint density at radius 1 is 1.50 bits per heavy atom. The van der Waals surface area contributed by atoms with E-state index in [0.29, 0.717) is 11.5 Å². The first-order chi connectivity index (χ1) is 8.58. The molecule has 0 saturated heterocycles. The Bertz CT molecular complexity index is 566. The molecule has 2 rings (SSSR count). The van der Waals surface area contributed by atoms with Gasteiger partial charge in [-0.2, -0.15) is 0 Å². The number of aryl methyl sites for hydroxylation is 1. The number of anilines is 1. The summed E-state index contributed by atoms with van der Waals surface area (Å²) in [5.41, 5.74) is 1.48. The Labute approximate surface area is 109 Å². The van der Waals surface area contributed by atoms with Crippen molar-refractivity contribution in [2.45, 2.75) is 12.3 Å². The van der Waals surface area contributed by atoms with Crippen LogP contribution in [0, 0.1) is 0 Å². The van der Waals surface area contributed by atoms with Crippen molar-refractivity contribution < 1.29 is 4.79 Å². The predicted molar refractivity (Wildman–Crippen MR) is 68.2 cm³/mol. The Balaban J connectivity index is 2.26. The second-order valence-corrected chi connectivity index (χ2v) is 4.47. The molecule has 6 nitrogen and oxygen atoms in total. The van der Waals surface area contributed by atoms with E-state index in [4.69, 9.17) is 11.6 Å². The molecule has 94 valence electrons. The lowest BCUT2D eigenvalue weighted by Crippen LogP contribution is -2.20. The van der Waals surface area contributed by atoms with Crippen LogP contribution >= 0.6 is 11.6 Å². The van der Waals surface area contributed by atoms with E-state index in [-0.39, 0.29) is 5.91 Å². The highest BCUT2D eigenvalue weighted by Crippen LogP contribution is 2.19. The molecule has 18 heavy (non-hydrogen) atoms. The summed E-state index contributed by atoms with van der Waals surface area (Å²) >= 11 is 5.69. The summed E-state index contributed by atoms with van der Waals surface area (Å²) in [6.07, 6.45) is 0. The van der Waals surface area contributed by atoms with Crippen LogP contribution in [0.15, 0.2) is 24.3 Å². The van der Waals surface area contributed by atoms with Gasteiger partial charge in [0.2, 0.25) is 5.91 Å². The number of amides is 1. The van der Waals surface area contributed by atoms with E-state index in [2.05, 4.69) is 20.8 Å². The standard InChI is InChI=1S/C11H12ClN5O/c1-7(12)11(18)13-9-5-3-4-8(6-9)10-14-15-16-17(10)2/h3-7H,1-2H3,(H,13,18). The largest absolute Gasteiger partial charge is 0.325 e. The number of aromatic nitrogens is 4. The number of carbonyl (C=O) groups excluding carboxylic acids is 1. The highest BCUT2D eigenvalue weighted by atomic mass is 35.5. The summed E-state index contributed by atoms with van der Waals surface area (Å²) in [4.78, 5) is 11.5. The van der Waals surface area contributed by atoms with Crippen molar-refractivity contribution in [3.05, 3.63) is 24.3 Å². The first-order valence-electron chi connectivity index (χ1n) is 5.35. The lowest BCUT2D eigenvalue weighted by molar-refractivity contribution is -0.115. The average Bonchev–Trinajstić information content (AvgIpc) is 2.75. The highest BCUT2D eigenvalue weighted by Gasteiger charge is 2.11. The molecule has 1 amide bonds. The first-order valence-corrected chi connectivity index (χ1v) is 5.79. The molecular weight excluding hydrogens is 254 g/mol. The van der Waals surface area contributed by atoms with E-state index >= 15 is 0 Å². The molecule has 0 aliphatic carbocycles. The van der Waals surface area contributed by atoms with Gasteiger partial charge >= 0.3 is 0 Å². The molecule has 0 saturated carbocycles. The van der Waals surface area contributed by atoms with Gasteiger partial charge in [-0.05, 0) is 29.5 Å². The molecule has 0 aliphatic heterocycles. The van der Waals surface area contributed by atoms with Crippen LogP contribution in [-0.2, 0) is 11.8 Å².